The van der Waals surface area contributed by atoms with E-state index in [1.165, 1.54) is 30.7 Å². The fourth-order valence-corrected chi connectivity index (χ4v) is 2.87. The number of hydrogen-bond acceptors (Lipinski definition) is 3. The number of benzene rings is 1. The van der Waals surface area contributed by atoms with Crippen molar-refractivity contribution >= 4 is 0 Å². The number of fused-ring (bicyclic) bond motifs is 1. The molecule has 112 valence electrons. The Hall–Kier alpha value is -1.81. The molecule has 2 N–H and O–H groups in total. The number of nitrogens with two attached hydrogens (primary N) is 1. The zero-order valence-corrected chi connectivity index (χ0v) is 12.4. The second kappa shape index (κ2) is 6.76. The highest BCUT2D eigenvalue weighted by Gasteiger charge is 2.14. The van der Waals surface area contributed by atoms with Crippen molar-refractivity contribution in [2.24, 2.45) is 5.73 Å². The summed E-state index contributed by atoms with van der Waals surface area (Å²) in [6, 6.07) is 8.01. The summed E-state index contributed by atoms with van der Waals surface area (Å²) >= 11 is 0. The molecule has 0 unspecified atom stereocenters. The normalized spacial score (nSPS) is 14.0. The maximum atomic E-state index is 5.77. The van der Waals surface area contributed by atoms with Crippen molar-refractivity contribution in [3.8, 4) is 5.75 Å². The van der Waals surface area contributed by atoms with E-state index in [-0.39, 0.29) is 0 Å². The van der Waals surface area contributed by atoms with E-state index in [0.29, 0.717) is 6.54 Å². The SMILES string of the molecule is NCc1ccc(OCCCn2cnc3c2CCCC3)cc1. The van der Waals surface area contributed by atoms with Crippen LogP contribution in [0.4, 0.5) is 0 Å². The van der Waals surface area contributed by atoms with E-state index in [1.807, 2.05) is 30.6 Å². The first kappa shape index (κ1) is 14.1. The molecule has 3 rings (SSSR count). The van der Waals surface area contributed by atoms with Crippen LogP contribution in [0.2, 0.25) is 0 Å². The van der Waals surface area contributed by atoms with E-state index in [2.05, 4.69) is 9.55 Å². The second-order valence-electron chi connectivity index (χ2n) is 5.59. The highest BCUT2D eigenvalue weighted by Crippen LogP contribution is 2.20. The third-order valence-electron chi connectivity index (χ3n) is 4.08. The summed E-state index contributed by atoms with van der Waals surface area (Å²) in [6.45, 7) is 2.30. The van der Waals surface area contributed by atoms with Gasteiger partial charge in [0, 0.05) is 18.8 Å². The van der Waals surface area contributed by atoms with Gasteiger partial charge in [0.25, 0.3) is 0 Å². The zero-order valence-electron chi connectivity index (χ0n) is 12.4. The Morgan fingerprint density at radius 2 is 1.95 bits per heavy atom. The van der Waals surface area contributed by atoms with Gasteiger partial charge < -0.3 is 15.0 Å². The van der Waals surface area contributed by atoms with Gasteiger partial charge in [-0.05, 0) is 49.8 Å². The quantitative estimate of drug-likeness (QED) is 0.830. The Morgan fingerprint density at radius 3 is 2.76 bits per heavy atom. The first-order valence-electron chi connectivity index (χ1n) is 7.81. The fourth-order valence-electron chi connectivity index (χ4n) is 2.87. The molecular formula is C17H23N3O. The monoisotopic (exact) mass is 285 g/mol. The first-order valence-corrected chi connectivity index (χ1v) is 7.81. The molecule has 4 heteroatoms. The van der Waals surface area contributed by atoms with Crippen LogP contribution in [0.3, 0.4) is 0 Å². The molecule has 0 amide bonds. The molecule has 0 bridgehead atoms. The third kappa shape index (κ3) is 3.45. The van der Waals surface area contributed by atoms with Crippen molar-refractivity contribution in [2.75, 3.05) is 6.61 Å². The van der Waals surface area contributed by atoms with Crippen molar-refractivity contribution in [1.29, 1.82) is 0 Å². The van der Waals surface area contributed by atoms with E-state index >= 15 is 0 Å². The van der Waals surface area contributed by atoms with Gasteiger partial charge in [0.15, 0.2) is 0 Å². The van der Waals surface area contributed by atoms with Crippen LogP contribution in [0.1, 0.15) is 36.2 Å². The molecule has 1 aromatic heterocycles. The fraction of sp³-hybridized carbons (Fsp3) is 0.471. The van der Waals surface area contributed by atoms with E-state index in [4.69, 9.17) is 10.5 Å². The third-order valence-corrected chi connectivity index (χ3v) is 4.08. The Balaban J connectivity index is 1.46. The first-order chi connectivity index (χ1) is 10.4. The molecule has 1 aliphatic rings. The summed E-state index contributed by atoms with van der Waals surface area (Å²) in [5, 5.41) is 0. The lowest BCUT2D eigenvalue weighted by atomic mass is 10.0. The molecule has 2 aromatic rings. The van der Waals surface area contributed by atoms with Crippen LogP contribution >= 0.6 is 0 Å². The maximum absolute atomic E-state index is 5.77. The maximum Gasteiger partial charge on any atom is 0.119 e. The van der Waals surface area contributed by atoms with Crippen LogP contribution in [0.25, 0.3) is 0 Å². The van der Waals surface area contributed by atoms with Crippen molar-refractivity contribution in [3.05, 3.63) is 47.5 Å². The number of aryl methyl sites for hydroxylation is 2. The molecule has 0 aliphatic heterocycles. The summed E-state index contributed by atoms with van der Waals surface area (Å²) in [7, 11) is 0. The summed E-state index contributed by atoms with van der Waals surface area (Å²) in [6.07, 6.45) is 7.89. The second-order valence-corrected chi connectivity index (χ2v) is 5.59. The lowest BCUT2D eigenvalue weighted by Gasteiger charge is -2.14. The lowest BCUT2D eigenvalue weighted by molar-refractivity contribution is 0.300. The van der Waals surface area contributed by atoms with Crippen LogP contribution in [0.15, 0.2) is 30.6 Å². The summed E-state index contributed by atoms with van der Waals surface area (Å²) in [4.78, 5) is 4.52. The number of nitrogens with zero attached hydrogens (tertiary/aromatic N) is 2. The molecule has 0 saturated carbocycles. The van der Waals surface area contributed by atoms with Crippen molar-refractivity contribution in [2.45, 2.75) is 45.2 Å². The van der Waals surface area contributed by atoms with Crippen LogP contribution < -0.4 is 10.5 Å². The van der Waals surface area contributed by atoms with Gasteiger partial charge in [-0.1, -0.05) is 12.1 Å². The minimum Gasteiger partial charge on any atom is -0.494 e. The van der Waals surface area contributed by atoms with Gasteiger partial charge in [0.05, 0.1) is 18.6 Å². The summed E-state index contributed by atoms with van der Waals surface area (Å²) < 4.78 is 8.07. The minimum absolute atomic E-state index is 0.575. The predicted octanol–water partition coefficient (Wildman–Crippen LogP) is 2.69. The highest BCUT2D eigenvalue weighted by atomic mass is 16.5. The standard InChI is InChI=1S/C17H23N3O/c18-12-14-6-8-15(9-7-14)21-11-3-10-20-13-19-16-4-1-2-5-17(16)20/h6-9,13H,1-5,10-12,18H2. The average Bonchev–Trinajstić information content (AvgIpc) is 2.95. The van der Waals surface area contributed by atoms with Gasteiger partial charge in [-0.3, -0.25) is 0 Å². The van der Waals surface area contributed by atoms with Gasteiger partial charge in [0.2, 0.25) is 0 Å². The van der Waals surface area contributed by atoms with Gasteiger partial charge >= 0.3 is 0 Å². The Morgan fingerprint density at radius 1 is 1.14 bits per heavy atom. The number of hydrogen-bond donors (Lipinski definition) is 1. The van der Waals surface area contributed by atoms with Crippen LogP contribution in [0, 0.1) is 0 Å². The van der Waals surface area contributed by atoms with Gasteiger partial charge in [-0.15, -0.1) is 0 Å². The van der Waals surface area contributed by atoms with E-state index in [1.54, 1.807) is 0 Å². The number of rotatable bonds is 6. The molecular weight excluding hydrogens is 262 g/mol. The summed E-state index contributed by atoms with van der Waals surface area (Å²) in [5.74, 6) is 0.917. The number of aromatic nitrogens is 2. The topological polar surface area (TPSA) is 53.1 Å². The minimum atomic E-state index is 0.575. The number of ether oxygens (including phenoxy) is 1. The van der Waals surface area contributed by atoms with E-state index in [9.17, 15) is 0 Å². The average molecular weight is 285 g/mol. The van der Waals surface area contributed by atoms with Crippen LogP contribution in [0.5, 0.6) is 5.75 Å². The zero-order chi connectivity index (χ0) is 14.5. The molecule has 1 aromatic carbocycles. The van der Waals surface area contributed by atoms with E-state index in [0.717, 1.165) is 37.3 Å². The van der Waals surface area contributed by atoms with Crippen molar-refractivity contribution in [1.82, 2.24) is 9.55 Å². The van der Waals surface area contributed by atoms with Crippen LogP contribution in [-0.2, 0) is 25.9 Å². The number of imidazole rings is 1. The van der Waals surface area contributed by atoms with E-state index < -0.39 is 0 Å². The smallest absolute Gasteiger partial charge is 0.119 e. The van der Waals surface area contributed by atoms with Crippen LogP contribution in [-0.4, -0.2) is 16.2 Å². The molecule has 1 heterocycles. The molecule has 21 heavy (non-hydrogen) atoms. The predicted molar refractivity (Wildman–Crippen MR) is 83.3 cm³/mol. The highest BCUT2D eigenvalue weighted by molar-refractivity contribution is 5.27. The largest absolute Gasteiger partial charge is 0.494 e. The molecule has 0 fully saturated rings. The molecule has 0 saturated heterocycles. The van der Waals surface area contributed by atoms with Gasteiger partial charge in [-0.2, -0.15) is 0 Å². The Labute approximate surface area is 125 Å². The van der Waals surface area contributed by atoms with Crippen molar-refractivity contribution in [3.63, 3.8) is 0 Å². The Kier molecular flexibility index (Phi) is 4.55. The molecule has 0 radical (unpaired) electrons. The van der Waals surface area contributed by atoms with Gasteiger partial charge in [-0.25, -0.2) is 4.98 Å². The Bertz CT molecular complexity index is 574. The molecule has 0 atom stereocenters. The molecule has 1 aliphatic carbocycles. The van der Waals surface area contributed by atoms with Gasteiger partial charge in [0.1, 0.15) is 5.75 Å². The summed E-state index contributed by atoms with van der Waals surface area (Å²) in [5.41, 5.74) is 9.46. The molecule has 0 spiro atoms. The molecule has 4 nitrogen and oxygen atoms in total. The van der Waals surface area contributed by atoms with Crippen molar-refractivity contribution < 1.29 is 4.74 Å². The lowest BCUT2D eigenvalue weighted by Crippen LogP contribution is -2.10.